The number of hydrogen-bond donors (Lipinski definition) is 1. The fraction of sp³-hybridized carbons (Fsp3) is 0.692. The highest BCUT2D eigenvalue weighted by atomic mass is 16.1. The molecule has 0 aromatic carbocycles. The molecule has 1 aliphatic carbocycles. The summed E-state index contributed by atoms with van der Waals surface area (Å²) in [6, 6.07) is 0.648. The Morgan fingerprint density at radius 3 is 2.83 bits per heavy atom. The van der Waals surface area contributed by atoms with Gasteiger partial charge in [-0.1, -0.05) is 0 Å². The van der Waals surface area contributed by atoms with Crippen LogP contribution >= 0.6 is 0 Å². The van der Waals surface area contributed by atoms with Crippen molar-refractivity contribution in [3.63, 3.8) is 0 Å². The second-order valence-corrected chi connectivity index (χ2v) is 5.12. The van der Waals surface area contributed by atoms with Crippen molar-refractivity contribution in [2.24, 2.45) is 5.73 Å². The van der Waals surface area contributed by atoms with Crippen LogP contribution in [0.5, 0.6) is 0 Å². The molecule has 0 atom stereocenters. The second kappa shape index (κ2) is 5.52. The highest BCUT2D eigenvalue weighted by molar-refractivity contribution is 5.39. The number of nitrogens with two attached hydrogens (primary N) is 1. The minimum atomic E-state index is 0.0106. The van der Waals surface area contributed by atoms with Crippen LogP contribution in [0.15, 0.2) is 17.2 Å². The molecule has 0 bridgehead atoms. The first-order valence-electron chi connectivity index (χ1n) is 6.69. The first-order chi connectivity index (χ1) is 8.65. The molecule has 18 heavy (non-hydrogen) atoms. The van der Waals surface area contributed by atoms with Gasteiger partial charge in [-0.25, -0.2) is 4.98 Å². The molecule has 1 saturated carbocycles. The molecule has 1 aliphatic rings. The van der Waals surface area contributed by atoms with E-state index in [0.29, 0.717) is 18.4 Å². The van der Waals surface area contributed by atoms with E-state index in [2.05, 4.69) is 9.88 Å². The molecule has 1 heterocycles. The summed E-state index contributed by atoms with van der Waals surface area (Å²) in [5.41, 5.74) is 5.57. The van der Waals surface area contributed by atoms with Gasteiger partial charge in [0.15, 0.2) is 5.82 Å². The molecule has 5 nitrogen and oxygen atoms in total. The molecule has 0 unspecified atom stereocenters. The molecule has 0 aliphatic heterocycles. The summed E-state index contributed by atoms with van der Waals surface area (Å²) in [7, 11) is 0. The van der Waals surface area contributed by atoms with E-state index in [-0.39, 0.29) is 11.6 Å². The van der Waals surface area contributed by atoms with Gasteiger partial charge in [0, 0.05) is 31.0 Å². The maximum absolute atomic E-state index is 12.4. The summed E-state index contributed by atoms with van der Waals surface area (Å²) in [6.45, 7) is 5.49. The van der Waals surface area contributed by atoms with Crippen LogP contribution in [0, 0.1) is 0 Å². The van der Waals surface area contributed by atoms with Crippen LogP contribution in [-0.2, 0) is 0 Å². The molecule has 0 amide bonds. The summed E-state index contributed by atoms with van der Waals surface area (Å²) in [4.78, 5) is 18.8. The van der Waals surface area contributed by atoms with Crippen LogP contribution in [0.3, 0.4) is 0 Å². The van der Waals surface area contributed by atoms with Crippen molar-refractivity contribution in [1.82, 2.24) is 9.55 Å². The molecule has 2 rings (SSSR count). The van der Waals surface area contributed by atoms with Crippen LogP contribution in [0.1, 0.15) is 39.2 Å². The zero-order valence-corrected chi connectivity index (χ0v) is 11.2. The van der Waals surface area contributed by atoms with Crippen LogP contribution in [0.4, 0.5) is 5.82 Å². The molecule has 100 valence electrons. The largest absolute Gasteiger partial charge is 0.349 e. The van der Waals surface area contributed by atoms with E-state index in [4.69, 9.17) is 5.73 Å². The quantitative estimate of drug-likeness (QED) is 0.822. The molecule has 0 spiro atoms. The summed E-state index contributed by atoms with van der Waals surface area (Å²) in [5.74, 6) is 0.585. The normalized spacial score (nSPS) is 15.1. The van der Waals surface area contributed by atoms with Crippen molar-refractivity contribution in [1.29, 1.82) is 0 Å². The first-order valence-corrected chi connectivity index (χ1v) is 6.69. The minimum absolute atomic E-state index is 0.0106. The van der Waals surface area contributed by atoms with Crippen molar-refractivity contribution < 1.29 is 0 Å². The lowest BCUT2D eigenvalue weighted by molar-refractivity contribution is 0.569. The number of aromatic nitrogens is 2. The third-order valence-electron chi connectivity index (χ3n) is 3.27. The summed E-state index contributed by atoms with van der Waals surface area (Å²) < 4.78 is 1.74. The lowest BCUT2D eigenvalue weighted by Gasteiger charge is -2.23. The third-order valence-corrected chi connectivity index (χ3v) is 3.27. The van der Waals surface area contributed by atoms with Gasteiger partial charge in [0.2, 0.25) is 0 Å². The number of rotatable bonds is 6. The van der Waals surface area contributed by atoms with Crippen molar-refractivity contribution >= 4 is 5.82 Å². The van der Waals surface area contributed by atoms with E-state index in [1.165, 1.54) is 0 Å². The van der Waals surface area contributed by atoms with Gasteiger partial charge in [-0.3, -0.25) is 4.79 Å². The Bertz CT molecular complexity index is 451. The highest BCUT2D eigenvalue weighted by Crippen LogP contribution is 2.29. The highest BCUT2D eigenvalue weighted by Gasteiger charge is 2.31. The van der Waals surface area contributed by atoms with Crippen molar-refractivity contribution in [2.75, 3.05) is 18.0 Å². The molecule has 1 fully saturated rings. The molecule has 5 heteroatoms. The Kier molecular flexibility index (Phi) is 4.01. The van der Waals surface area contributed by atoms with Gasteiger partial charge in [-0.05, 0) is 39.7 Å². The molecule has 2 N–H and O–H groups in total. The van der Waals surface area contributed by atoms with E-state index in [1.54, 1.807) is 17.0 Å². The maximum Gasteiger partial charge on any atom is 0.293 e. The number of anilines is 1. The van der Waals surface area contributed by atoms with Gasteiger partial charge in [0.05, 0.1) is 0 Å². The fourth-order valence-corrected chi connectivity index (χ4v) is 2.13. The first kappa shape index (κ1) is 13.1. The summed E-state index contributed by atoms with van der Waals surface area (Å²) in [6.07, 6.45) is 6.68. The van der Waals surface area contributed by atoms with Gasteiger partial charge in [0.1, 0.15) is 0 Å². The number of nitrogens with zero attached hydrogens (tertiary/aromatic N) is 3. The van der Waals surface area contributed by atoms with E-state index < -0.39 is 0 Å². The molecule has 0 saturated heterocycles. The van der Waals surface area contributed by atoms with E-state index in [1.807, 2.05) is 13.8 Å². The van der Waals surface area contributed by atoms with Crippen LogP contribution in [-0.4, -0.2) is 28.7 Å². The molecule has 0 radical (unpaired) electrons. The molecular weight excluding hydrogens is 228 g/mol. The van der Waals surface area contributed by atoms with Gasteiger partial charge in [-0.15, -0.1) is 0 Å². The Morgan fingerprint density at radius 2 is 2.28 bits per heavy atom. The van der Waals surface area contributed by atoms with Crippen LogP contribution in [0.25, 0.3) is 0 Å². The van der Waals surface area contributed by atoms with Crippen LogP contribution < -0.4 is 16.2 Å². The lowest BCUT2D eigenvalue weighted by atomic mass is 10.3. The predicted octanol–water partition coefficient (Wildman–Crippen LogP) is 1.14. The van der Waals surface area contributed by atoms with Crippen molar-refractivity contribution in [3.8, 4) is 0 Å². The Labute approximate surface area is 108 Å². The SMILES string of the molecule is CC(C)n1ccnc(N(CCCN)C2CC2)c1=O. The summed E-state index contributed by atoms with van der Waals surface area (Å²) >= 11 is 0. The lowest BCUT2D eigenvalue weighted by Crippen LogP contribution is -2.36. The smallest absolute Gasteiger partial charge is 0.293 e. The minimum Gasteiger partial charge on any atom is -0.349 e. The Hall–Kier alpha value is -1.36. The third kappa shape index (κ3) is 2.72. The second-order valence-electron chi connectivity index (χ2n) is 5.12. The molecule has 1 aromatic rings. The van der Waals surface area contributed by atoms with Gasteiger partial charge >= 0.3 is 0 Å². The van der Waals surface area contributed by atoms with E-state index >= 15 is 0 Å². The van der Waals surface area contributed by atoms with Gasteiger partial charge in [0.25, 0.3) is 5.56 Å². The molecular formula is C13H22N4O. The number of hydrogen-bond acceptors (Lipinski definition) is 4. The maximum atomic E-state index is 12.4. The van der Waals surface area contributed by atoms with Gasteiger partial charge < -0.3 is 15.2 Å². The zero-order valence-electron chi connectivity index (χ0n) is 11.2. The zero-order chi connectivity index (χ0) is 13.1. The fourth-order valence-electron chi connectivity index (χ4n) is 2.13. The monoisotopic (exact) mass is 250 g/mol. The predicted molar refractivity (Wildman–Crippen MR) is 72.9 cm³/mol. The van der Waals surface area contributed by atoms with E-state index in [9.17, 15) is 4.79 Å². The Morgan fingerprint density at radius 1 is 1.56 bits per heavy atom. The van der Waals surface area contributed by atoms with Crippen LogP contribution in [0.2, 0.25) is 0 Å². The average molecular weight is 250 g/mol. The van der Waals surface area contributed by atoms with Crippen molar-refractivity contribution in [2.45, 2.75) is 45.2 Å². The average Bonchev–Trinajstić information content (AvgIpc) is 3.15. The standard InChI is InChI=1S/C13H22N4O/c1-10(2)16-9-7-15-12(13(16)18)17(8-3-6-14)11-4-5-11/h7,9-11H,3-6,8,14H2,1-2H3. The summed E-state index contributed by atoms with van der Waals surface area (Å²) in [5, 5.41) is 0. The van der Waals surface area contributed by atoms with Gasteiger partial charge in [-0.2, -0.15) is 0 Å². The topological polar surface area (TPSA) is 64.2 Å². The van der Waals surface area contributed by atoms with E-state index in [0.717, 1.165) is 25.8 Å². The van der Waals surface area contributed by atoms with Crippen molar-refractivity contribution in [3.05, 3.63) is 22.7 Å². The molecule has 1 aromatic heterocycles. The Balaban J connectivity index is 2.29.